The number of ether oxygens (including phenoxy) is 1. The normalized spacial score (nSPS) is 11.8. The molecule has 132 valence electrons. The number of hydrogen-bond acceptors (Lipinski definition) is 2. The summed E-state index contributed by atoms with van der Waals surface area (Å²) >= 11 is 6.12. The first-order chi connectivity index (χ1) is 12.5. The standard InChI is InChI=1S/C22H19ClO3/c1-15-18(8-5-9-20(15)23)14-21(22(24)25)26-19-12-10-17(11-13-19)16-6-3-2-4-7-16/h2-13,21H,14H2,1H3,(H,24,25)/t21-/m0/s1. The van der Waals surface area contributed by atoms with Gasteiger partial charge < -0.3 is 9.84 Å². The molecule has 3 aromatic rings. The van der Waals surface area contributed by atoms with Gasteiger partial charge in [0.15, 0.2) is 6.10 Å². The molecule has 3 rings (SSSR count). The molecule has 0 saturated carbocycles. The molecule has 0 saturated heterocycles. The van der Waals surface area contributed by atoms with Crippen molar-refractivity contribution in [2.75, 3.05) is 0 Å². The fourth-order valence-corrected chi connectivity index (χ4v) is 2.97. The number of carboxylic acid groups (broad SMARTS) is 1. The van der Waals surface area contributed by atoms with Crippen LogP contribution in [0, 0.1) is 6.92 Å². The molecule has 0 bridgehead atoms. The van der Waals surface area contributed by atoms with Gasteiger partial charge in [0, 0.05) is 11.4 Å². The van der Waals surface area contributed by atoms with Gasteiger partial charge in [-0.1, -0.05) is 66.2 Å². The van der Waals surface area contributed by atoms with Crippen molar-refractivity contribution in [3.63, 3.8) is 0 Å². The van der Waals surface area contributed by atoms with Gasteiger partial charge in [-0.3, -0.25) is 0 Å². The van der Waals surface area contributed by atoms with Gasteiger partial charge in [-0.15, -0.1) is 0 Å². The summed E-state index contributed by atoms with van der Waals surface area (Å²) in [5, 5.41) is 10.2. The fourth-order valence-electron chi connectivity index (χ4n) is 2.77. The van der Waals surface area contributed by atoms with Crippen molar-refractivity contribution in [3.8, 4) is 16.9 Å². The second kappa shape index (κ2) is 8.07. The van der Waals surface area contributed by atoms with Crippen LogP contribution in [-0.4, -0.2) is 17.2 Å². The third-order valence-electron chi connectivity index (χ3n) is 4.30. The largest absolute Gasteiger partial charge is 0.478 e. The van der Waals surface area contributed by atoms with Crippen LogP contribution in [0.2, 0.25) is 5.02 Å². The quantitative estimate of drug-likeness (QED) is 0.636. The Hall–Kier alpha value is -2.78. The number of hydrogen-bond donors (Lipinski definition) is 1. The Morgan fingerprint density at radius 3 is 2.27 bits per heavy atom. The van der Waals surface area contributed by atoms with Crippen LogP contribution in [0.3, 0.4) is 0 Å². The number of carbonyl (C=O) groups is 1. The molecule has 0 aliphatic carbocycles. The van der Waals surface area contributed by atoms with Crippen LogP contribution in [-0.2, 0) is 11.2 Å². The first-order valence-electron chi connectivity index (χ1n) is 8.33. The smallest absolute Gasteiger partial charge is 0.345 e. The molecule has 0 heterocycles. The van der Waals surface area contributed by atoms with Crippen LogP contribution in [0.15, 0.2) is 72.8 Å². The van der Waals surface area contributed by atoms with Gasteiger partial charge in [-0.05, 0) is 47.4 Å². The SMILES string of the molecule is Cc1c(Cl)cccc1C[C@H](Oc1ccc(-c2ccccc2)cc1)C(=O)O. The van der Waals surface area contributed by atoms with E-state index in [9.17, 15) is 9.90 Å². The lowest BCUT2D eigenvalue weighted by Crippen LogP contribution is -2.29. The van der Waals surface area contributed by atoms with Crippen LogP contribution in [0.5, 0.6) is 5.75 Å². The Morgan fingerprint density at radius 2 is 1.62 bits per heavy atom. The van der Waals surface area contributed by atoms with E-state index in [1.807, 2.05) is 61.5 Å². The summed E-state index contributed by atoms with van der Waals surface area (Å²) in [6, 6.07) is 22.9. The van der Waals surface area contributed by atoms with Gasteiger partial charge in [-0.2, -0.15) is 0 Å². The summed E-state index contributed by atoms with van der Waals surface area (Å²) in [4.78, 5) is 11.6. The minimum Gasteiger partial charge on any atom is -0.478 e. The Kier molecular flexibility index (Phi) is 5.59. The molecule has 0 fully saturated rings. The molecule has 4 heteroatoms. The lowest BCUT2D eigenvalue weighted by Gasteiger charge is -2.17. The highest BCUT2D eigenvalue weighted by atomic mass is 35.5. The summed E-state index contributed by atoms with van der Waals surface area (Å²) in [6.45, 7) is 1.88. The highest BCUT2D eigenvalue weighted by Gasteiger charge is 2.21. The molecule has 0 amide bonds. The number of aliphatic carboxylic acids is 1. The monoisotopic (exact) mass is 366 g/mol. The topological polar surface area (TPSA) is 46.5 Å². The molecule has 0 radical (unpaired) electrons. The van der Waals surface area contributed by atoms with Crippen LogP contribution >= 0.6 is 11.6 Å². The molecule has 0 aliphatic heterocycles. The summed E-state index contributed by atoms with van der Waals surface area (Å²) in [6.07, 6.45) is -0.725. The van der Waals surface area contributed by atoms with E-state index in [2.05, 4.69) is 0 Å². The van der Waals surface area contributed by atoms with Gasteiger partial charge in [0.25, 0.3) is 0 Å². The minimum absolute atomic E-state index is 0.252. The van der Waals surface area contributed by atoms with Gasteiger partial charge in [0.05, 0.1) is 0 Å². The van der Waals surface area contributed by atoms with Crippen molar-refractivity contribution in [2.24, 2.45) is 0 Å². The average molecular weight is 367 g/mol. The van der Waals surface area contributed by atoms with Crippen molar-refractivity contribution >= 4 is 17.6 Å². The van der Waals surface area contributed by atoms with E-state index < -0.39 is 12.1 Å². The first-order valence-corrected chi connectivity index (χ1v) is 8.71. The van der Waals surface area contributed by atoms with Crippen molar-refractivity contribution in [1.82, 2.24) is 0 Å². The molecule has 3 nitrogen and oxygen atoms in total. The zero-order valence-corrected chi connectivity index (χ0v) is 15.1. The molecular weight excluding hydrogens is 348 g/mol. The second-order valence-electron chi connectivity index (χ2n) is 6.06. The third kappa shape index (κ3) is 4.24. The number of halogens is 1. The van der Waals surface area contributed by atoms with Crippen LogP contribution in [0.4, 0.5) is 0 Å². The Labute approximate surface area is 157 Å². The van der Waals surface area contributed by atoms with E-state index in [4.69, 9.17) is 16.3 Å². The maximum absolute atomic E-state index is 11.6. The Bertz CT molecular complexity index is 889. The van der Waals surface area contributed by atoms with Gasteiger partial charge >= 0.3 is 5.97 Å². The molecule has 0 aliphatic rings. The molecule has 1 atom stereocenters. The van der Waals surface area contributed by atoms with Gasteiger partial charge in [0.1, 0.15) is 5.75 Å². The first kappa shape index (κ1) is 18.0. The summed E-state index contributed by atoms with van der Waals surface area (Å²) < 4.78 is 5.72. The van der Waals surface area contributed by atoms with Crippen molar-refractivity contribution in [1.29, 1.82) is 0 Å². The number of benzene rings is 3. The molecule has 3 aromatic carbocycles. The Balaban J connectivity index is 1.76. The van der Waals surface area contributed by atoms with Crippen molar-refractivity contribution in [3.05, 3.63) is 88.9 Å². The molecule has 0 unspecified atom stereocenters. The maximum atomic E-state index is 11.6. The van der Waals surface area contributed by atoms with E-state index in [0.717, 1.165) is 22.3 Å². The summed E-state index contributed by atoms with van der Waals surface area (Å²) in [7, 11) is 0. The van der Waals surface area contributed by atoms with E-state index in [1.165, 1.54) is 0 Å². The molecule has 1 N–H and O–H groups in total. The highest BCUT2D eigenvalue weighted by Crippen LogP contribution is 2.24. The molecule has 26 heavy (non-hydrogen) atoms. The van der Waals surface area contributed by atoms with Crippen LogP contribution in [0.25, 0.3) is 11.1 Å². The fraction of sp³-hybridized carbons (Fsp3) is 0.136. The zero-order chi connectivity index (χ0) is 18.5. The lowest BCUT2D eigenvalue weighted by molar-refractivity contribution is -0.145. The Morgan fingerprint density at radius 1 is 0.962 bits per heavy atom. The molecule has 0 aromatic heterocycles. The van der Waals surface area contributed by atoms with Gasteiger partial charge in [0.2, 0.25) is 0 Å². The van der Waals surface area contributed by atoms with E-state index in [-0.39, 0.29) is 6.42 Å². The molecule has 0 spiro atoms. The van der Waals surface area contributed by atoms with E-state index >= 15 is 0 Å². The van der Waals surface area contributed by atoms with Gasteiger partial charge in [-0.25, -0.2) is 4.79 Å². The highest BCUT2D eigenvalue weighted by molar-refractivity contribution is 6.31. The number of rotatable bonds is 6. The van der Waals surface area contributed by atoms with Crippen LogP contribution < -0.4 is 4.74 Å². The molecular formula is C22H19ClO3. The predicted octanol–water partition coefficient (Wildman–Crippen LogP) is 5.39. The average Bonchev–Trinajstić information content (AvgIpc) is 2.66. The maximum Gasteiger partial charge on any atom is 0.345 e. The lowest BCUT2D eigenvalue weighted by atomic mass is 10.0. The minimum atomic E-state index is -1.00. The number of carboxylic acids is 1. The zero-order valence-electron chi connectivity index (χ0n) is 14.4. The van der Waals surface area contributed by atoms with E-state index in [0.29, 0.717) is 10.8 Å². The summed E-state index contributed by atoms with van der Waals surface area (Å²) in [5.41, 5.74) is 3.90. The second-order valence-corrected chi connectivity index (χ2v) is 6.47. The van der Waals surface area contributed by atoms with E-state index in [1.54, 1.807) is 18.2 Å². The predicted molar refractivity (Wildman–Crippen MR) is 104 cm³/mol. The third-order valence-corrected chi connectivity index (χ3v) is 4.71. The van der Waals surface area contributed by atoms with Crippen LogP contribution in [0.1, 0.15) is 11.1 Å². The summed E-state index contributed by atoms with van der Waals surface area (Å²) in [5.74, 6) is -0.478. The van der Waals surface area contributed by atoms with Crippen molar-refractivity contribution < 1.29 is 14.6 Å². The van der Waals surface area contributed by atoms with Crippen molar-refractivity contribution in [2.45, 2.75) is 19.4 Å².